The molecule has 1 atom stereocenters. The van der Waals surface area contributed by atoms with E-state index in [1.54, 1.807) is 26.0 Å². The fraction of sp³-hybridized carbons (Fsp3) is 0.526. The Balaban J connectivity index is 1.68. The second-order valence-electron chi connectivity index (χ2n) is 7.25. The summed E-state index contributed by atoms with van der Waals surface area (Å²) in [6.45, 7) is 8.68. The first-order valence-electron chi connectivity index (χ1n) is 9.83. The topological polar surface area (TPSA) is 111 Å². The van der Waals surface area contributed by atoms with E-state index in [9.17, 15) is 13.2 Å². The smallest absolute Gasteiger partial charge is 0.295 e. The summed E-state index contributed by atoms with van der Waals surface area (Å²) in [6.07, 6.45) is -0.00371. The lowest BCUT2D eigenvalue weighted by molar-refractivity contribution is -0.115. The highest BCUT2D eigenvalue weighted by atomic mass is 32.2. The average Bonchev–Trinajstić information content (AvgIpc) is 3.15. The van der Waals surface area contributed by atoms with Gasteiger partial charge in [-0.2, -0.15) is 4.31 Å². The fourth-order valence-corrected chi connectivity index (χ4v) is 6.43. The number of aromatic nitrogens is 2. The van der Waals surface area contributed by atoms with Crippen LogP contribution in [0.15, 0.2) is 27.4 Å². The molecule has 9 nitrogen and oxygen atoms in total. The second kappa shape index (κ2) is 10.3. The number of carbonyl (C=O) groups is 1. The van der Waals surface area contributed by atoms with Crippen LogP contribution in [0.2, 0.25) is 0 Å². The molecular formula is C19H26N4O5S3. The van der Waals surface area contributed by atoms with Gasteiger partial charge in [0.25, 0.3) is 5.19 Å². The van der Waals surface area contributed by atoms with Crippen LogP contribution in [0.25, 0.3) is 0 Å². The van der Waals surface area contributed by atoms with Crippen LogP contribution in [-0.2, 0) is 19.6 Å². The molecule has 1 aliphatic heterocycles. The van der Waals surface area contributed by atoms with Gasteiger partial charge in [0, 0.05) is 18.8 Å². The number of ether oxygens (including phenoxy) is 2. The zero-order valence-electron chi connectivity index (χ0n) is 17.8. The molecule has 1 unspecified atom stereocenters. The van der Waals surface area contributed by atoms with Crippen molar-refractivity contribution in [1.82, 2.24) is 14.5 Å². The molecule has 1 N–H and O–H groups in total. The van der Waals surface area contributed by atoms with Crippen LogP contribution >= 0.6 is 23.1 Å². The first kappa shape index (κ1) is 23.9. The number of benzene rings is 1. The van der Waals surface area contributed by atoms with E-state index in [4.69, 9.17) is 9.47 Å². The van der Waals surface area contributed by atoms with Crippen LogP contribution < -0.4 is 10.1 Å². The lowest BCUT2D eigenvalue weighted by Crippen LogP contribution is -2.40. The van der Waals surface area contributed by atoms with Crippen molar-refractivity contribution in [2.45, 2.75) is 48.3 Å². The highest BCUT2D eigenvalue weighted by Crippen LogP contribution is 2.31. The number of nitrogens with one attached hydrogen (secondary N) is 1. The molecule has 0 saturated carbocycles. The Kier molecular flexibility index (Phi) is 7.92. The summed E-state index contributed by atoms with van der Waals surface area (Å²) in [5, 5.41) is 10.8. The van der Waals surface area contributed by atoms with Gasteiger partial charge in [-0.15, -0.1) is 5.10 Å². The number of aryl methyl sites for hydroxylation is 1. The van der Waals surface area contributed by atoms with Crippen molar-refractivity contribution in [2.75, 3.05) is 31.6 Å². The molecule has 0 aliphatic carbocycles. The summed E-state index contributed by atoms with van der Waals surface area (Å²) in [4.78, 5) is 12.9. The van der Waals surface area contributed by atoms with Crippen molar-refractivity contribution >= 4 is 44.7 Å². The molecular weight excluding hydrogens is 460 g/mol. The zero-order valence-corrected chi connectivity index (χ0v) is 20.3. The molecule has 1 aromatic heterocycles. The summed E-state index contributed by atoms with van der Waals surface area (Å²) in [7, 11) is -3.66. The van der Waals surface area contributed by atoms with E-state index in [2.05, 4.69) is 15.5 Å². The van der Waals surface area contributed by atoms with E-state index in [-0.39, 0.29) is 16.9 Å². The number of hydrogen-bond acceptors (Lipinski definition) is 9. The van der Waals surface area contributed by atoms with Gasteiger partial charge in [-0.05, 0) is 56.7 Å². The van der Waals surface area contributed by atoms with Crippen molar-refractivity contribution in [2.24, 2.45) is 0 Å². The van der Waals surface area contributed by atoms with Crippen molar-refractivity contribution in [3.05, 3.63) is 23.8 Å². The van der Waals surface area contributed by atoms with Gasteiger partial charge >= 0.3 is 0 Å². The number of thioether (sulfide) groups is 1. The molecule has 1 amide bonds. The fourth-order valence-electron chi connectivity index (χ4n) is 2.82. The number of nitrogens with zero attached hydrogens (tertiary/aromatic N) is 3. The van der Waals surface area contributed by atoms with Crippen molar-refractivity contribution in [3.63, 3.8) is 0 Å². The molecule has 1 aromatic carbocycles. The summed E-state index contributed by atoms with van der Waals surface area (Å²) < 4.78 is 38.8. The minimum atomic E-state index is -3.66. The van der Waals surface area contributed by atoms with Crippen LogP contribution in [-0.4, -0.2) is 66.5 Å². The molecule has 2 aromatic rings. The maximum Gasteiger partial charge on any atom is 0.295 e. The van der Waals surface area contributed by atoms with E-state index < -0.39 is 15.3 Å². The van der Waals surface area contributed by atoms with Gasteiger partial charge < -0.3 is 14.8 Å². The third kappa shape index (κ3) is 6.16. The molecule has 1 aliphatic rings. The van der Waals surface area contributed by atoms with Gasteiger partial charge in [0.1, 0.15) is 0 Å². The number of sulfonamides is 1. The average molecular weight is 487 g/mol. The minimum absolute atomic E-state index is 0.00371. The Morgan fingerprint density at radius 2 is 1.97 bits per heavy atom. The van der Waals surface area contributed by atoms with Gasteiger partial charge in [0.05, 0.1) is 29.5 Å². The van der Waals surface area contributed by atoms with E-state index in [0.29, 0.717) is 47.1 Å². The predicted octanol–water partition coefficient (Wildman–Crippen LogP) is 2.77. The van der Waals surface area contributed by atoms with Gasteiger partial charge in [-0.25, -0.2) is 8.42 Å². The highest BCUT2D eigenvalue weighted by molar-refractivity contribution is 8.02. The SMILES string of the molecule is Cc1ccc(NC(=O)C(C)Sc2nnc(OC(C)C)s2)cc1S(=O)(=O)N1CCOCC1. The normalized spacial score (nSPS) is 16.3. The number of anilines is 1. The van der Waals surface area contributed by atoms with E-state index in [1.165, 1.54) is 33.5 Å². The second-order valence-corrected chi connectivity index (χ2v) is 11.7. The first-order chi connectivity index (χ1) is 14.7. The van der Waals surface area contributed by atoms with Gasteiger partial charge in [-0.3, -0.25) is 4.79 Å². The Morgan fingerprint density at radius 1 is 1.26 bits per heavy atom. The lowest BCUT2D eigenvalue weighted by atomic mass is 10.2. The molecule has 1 saturated heterocycles. The number of rotatable bonds is 8. The Bertz CT molecular complexity index is 1020. The Hall–Kier alpha value is -1.73. The molecule has 3 rings (SSSR count). The molecule has 12 heteroatoms. The standard InChI is InChI=1S/C19H26N4O5S3/c1-12(2)28-18-21-22-19(30-18)29-14(4)17(24)20-15-6-5-13(3)16(11-15)31(25,26)23-7-9-27-10-8-23/h5-6,11-12,14H,7-10H2,1-4H3,(H,20,24). The van der Waals surface area contributed by atoms with Crippen LogP contribution in [0.4, 0.5) is 5.69 Å². The molecule has 0 radical (unpaired) electrons. The largest absolute Gasteiger partial charge is 0.466 e. The number of morpholine rings is 1. The maximum absolute atomic E-state index is 13.0. The molecule has 2 heterocycles. The number of hydrogen-bond donors (Lipinski definition) is 1. The Morgan fingerprint density at radius 3 is 2.65 bits per heavy atom. The molecule has 0 spiro atoms. The third-order valence-corrected chi connectivity index (χ3v) is 8.45. The summed E-state index contributed by atoms with van der Waals surface area (Å²) >= 11 is 2.55. The Labute approximate surface area is 190 Å². The van der Waals surface area contributed by atoms with Crippen molar-refractivity contribution in [3.8, 4) is 5.19 Å². The van der Waals surface area contributed by atoms with Gasteiger partial charge in [0.2, 0.25) is 15.9 Å². The van der Waals surface area contributed by atoms with E-state index in [0.717, 1.165) is 0 Å². The van der Waals surface area contributed by atoms with Crippen molar-refractivity contribution < 1.29 is 22.7 Å². The van der Waals surface area contributed by atoms with Crippen LogP contribution in [0.5, 0.6) is 5.19 Å². The van der Waals surface area contributed by atoms with E-state index >= 15 is 0 Å². The number of carbonyl (C=O) groups excluding carboxylic acids is 1. The minimum Gasteiger partial charge on any atom is -0.466 e. The third-order valence-electron chi connectivity index (χ3n) is 4.41. The van der Waals surface area contributed by atoms with Crippen LogP contribution in [0.3, 0.4) is 0 Å². The van der Waals surface area contributed by atoms with Crippen LogP contribution in [0, 0.1) is 6.92 Å². The molecule has 31 heavy (non-hydrogen) atoms. The van der Waals surface area contributed by atoms with Gasteiger partial charge in [-0.1, -0.05) is 22.9 Å². The zero-order chi connectivity index (χ0) is 22.6. The predicted molar refractivity (Wildman–Crippen MR) is 120 cm³/mol. The molecule has 0 bridgehead atoms. The maximum atomic E-state index is 13.0. The van der Waals surface area contributed by atoms with Gasteiger partial charge in [0.15, 0.2) is 4.34 Å². The van der Waals surface area contributed by atoms with Crippen LogP contribution in [0.1, 0.15) is 26.3 Å². The summed E-state index contributed by atoms with van der Waals surface area (Å²) in [5.74, 6) is -0.259. The quantitative estimate of drug-likeness (QED) is 0.567. The summed E-state index contributed by atoms with van der Waals surface area (Å²) in [5.41, 5.74) is 1.05. The highest BCUT2D eigenvalue weighted by Gasteiger charge is 2.28. The summed E-state index contributed by atoms with van der Waals surface area (Å²) in [6, 6.07) is 4.90. The molecule has 170 valence electrons. The number of amides is 1. The van der Waals surface area contributed by atoms with E-state index in [1.807, 2.05) is 13.8 Å². The first-order valence-corrected chi connectivity index (χ1v) is 13.0. The monoisotopic (exact) mass is 486 g/mol. The van der Waals surface area contributed by atoms with Crippen molar-refractivity contribution in [1.29, 1.82) is 0 Å². The molecule has 1 fully saturated rings. The lowest BCUT2D eigenvalue weighted by Gasteiger charge is -2.27.